The van der Waals surface area contributed by atoms with Gasteiger partial charge < -0.3 is 10.2 Å². The Bertz CT molecular complexity index is 865. The third-order valence-corrected chi connectivity index (χ3v) is 5.87. The van der Waals surface area contributed by atoms with E-state index >= 15 is 0 Å². The maximum absolute atomic E-state index is 13.2. The topological polar surface area (TPSA) is 49.4 Å². The summed E-state index contributed by atoms with van der Waals surface area (Å²) >= 11 is 6.00. The molecule has 5 heteroatoms. The highest BCUT2D eigenvalue weighted by molar-refractivity contribution is 6.30. The molecule has 28 heavy (non-hydrogen) atoms. The summed E-state index contributed by atoms with van der Waals surface area (Å²) in [6.07, 6.45) is 1.92. The van der Waals surface area contributed by atoms with E-state index < -0.39 is 5.54 Å². The van der Waals surface area contributed by atoms with Crippen molar-refractivity contribution in [3.05, 3.63) is 70.2 Å². The molecule has 0 radical (unpaired) electrons. The predicted molar refractivity (Wildman–Crippen MR) is 113 cm³/mol. The largest absolute Gasteiger partial charge is 0.354 e. The normalized spacial score (nSPS) is 19.4. The van der Waals surface area contributed by atoms with Gasteiger partial charge >= 0.3 is 0 Å². The molecule has 1 aliphatic heterocycles. The minimum atomic E-state index is -1.01. The number of rotatable bonds is 7. The Balaban J connectivity index is 1.92. The van der Waals surface area contributed by atoms with Crippen molar-refractivity contribution in [1.82, 2.24) is 10.2 Å². The molecule has 2 amide bonds. The number of nitrogens with zero attached hydrogens (tertiary/aromatic N) is 1. The Morgan fingerprint density at radius 1 is 1.18 bits per heavy atom. The second-order valence-electron chi connectivity index (χ2n) is 7.60. The van der Waals surface area contributed by atoms with Gasteiger partial charge in [0, 0.05) is 23.7 Å². The number of unbranched alkanes of at least 4 members (excludes halogenated alkanes) is 1. The molecular formula is C23H27ClN2O2. The highest BCUT2D eigenvalue weighted by Gasteiger charge is 2.51. The van der Waals surface area contributed by atoms with Crippen LogP contribution in [0.4, 0.5) is 0 Å². The molecule has 0 fully saturated rings. The Morgan fingerprint density at radius 3 is 2.54 bits per heavy atom. The smallest absolute Gasteiger partial charge is 0.255 e. The first-order valence-corrected chi connectivity index (χ1v) is 10.2. The van der Waals surface area contributed by atoms with E-state index in [0.717, 1.165) is 24.0 Å². The second-order valence-corrected chi connectivity index (χ2v) is 8.03. The van der Waals surface area contributed by atoms with Gasteiger partial charge in [0.25, 0.3) is 5.91 Å². The molecule has 2 aromatic rings. The Kier molecular flexibility index (Phi) is 6.09. The average Bonchev–Trinajstić information content (AvgIpc) is 2.92. The Hall–Kier alpha value is -2.33. The van der Waals surface area contributed by atoms with Crippen LogP contribution in [0.2, 0.25) is 5.02 Å². The summed E-state index contributed by atoms with van der Waals surface area (Å²) in [5, 5.41) is 3.71. The Morgan fingerprint density at radius 2 is 1.86 bits per heavy atom. The van der Waals surface area contributed by atoms with E-state index in [-0.39, 0.29) is 17.7 Å². The van der Waals surface area contributed by atoms with Crippen molar-refractivity contribution in [1.29, 1.82) is 0 Å². The number of hydrogen-bond acceptors (Lipinski definition) is 2. The van der Waals surface area contributed by atoms with Crippen LogP contribution in [0, 0.1) is 0 Å². The Labute approximate surface area is 171 Å². The second kappa shape index (κ2) is 8.36. The number of carbonyl (C=O) groups is 2. The molecule has 2 unspecified atom stereocenters. The van der Waals surface area contributed by atoms with E-state index in [1.807, 2.05) is 55.5 Å². The lowest BCUT2D eigenvalue weighted by Crippen LogP contribution is -2.53. The summed E-state index contributed by atoms with van der Waals surface area (Å²) in [6, 6.07) is 15.1. The zero-order valence-electron chi connectivity index (χ0n) is 16.7. The molecule has 148 valence electrons. The highest BCUT2D eigenvalue weighted by atomic mass is 35.5. The summed E-state index contributed by atoms with van der Waals surface area (Å²) in [5.41, 5.74) is 1.46. The molecule has 0 spiro atoms. The van der Waals surface area contributed by atoms with E-state index in [0.29, 0.717) is 23.7 Å². The quantitative estimate of drug-likeness (QED) is 0.685. The molecule has 1 heterocycles. The van der Waals surface area contributed by atoms with Crippen molar-refractivity contribution in [3.8, 4) is 0 Å². The average molecular weight is 399 g/mol. The van der Waals surface area contributed by atoms with Gasteiger partial charge in [-0.1, -0.05) is 62.2 Å². The van der Waals surface area contributed by atoms with Crippen LogP contribution in [0.25, 0.3) is 0 Å². The monoisotopic (exact) mass is 398 g/mol. The third-order valence-electron chi connectivity index (χ3n) is 5.62. The van der Waals surface area contributed by atoms with Gasteiger partial charge in [-0.25, -0.2) is 0 Å². The maximum atomic E-state index is 13.2. The first-order valence-electron chi connectivity index (χ1n) is 9.84. The lowest BCUT2D eigenvalue weighted by Gasteiger charge is -2.36. The number of halogens is 1. The summed E-state index contributed by atoms with van der Waals surface area (Å²) in [6.45, 7) is 7.07. The number of nitrogens with one attached hydrogen (secondary N) is 1. The van der Waals surface area contributed by atoms with Gasteiger partial charge in [0.2, 0.25) is 5.91 Å². The lowest BCUT2D eigenvalue weighted by molar-refractivity contribution is -0.131. The number of fused-ring (bicyclic) bond motifs is 1. The number of amides is 2. The van der Waals surface area contributed by atoms with Gasteiger partial charge in [-0.15, -0.1) is 0 Å². The van der Waals surface area contributed by atoms with Crippen LogP contribution in [0.5, 0.6) is 0 Å². The molecule has 2 atom stereocenters. The van der Waals surface area contributed by atoms with Gasteiger partial charge in [-0.3, -0.25) is 9.59 Å². The first kappa shape index (κ1) is 20.4. The zero-order chi connectivity index (χ0) is 20.3. The number of benzene rings is 2. The summed E-state index contributed by atoms with van der Waals surface area (Å²) in [7, 11) is 0. The van der Waals surface area contributed by atoms with E-state index in [1.165, 1.54) is 0 Å². The van der Waals surface area contributed by atoms with Crippen LogP contribution in [-0.4, -0.2) is 29.8 Å². The SMILES string of the molecule is CCCCNC(=O)C1(C)c2ccccc2C(=O)N1CC(C)c1ccc(Cl)cc1. The van der Waals surface area contributed by atoms with Gasteiger partial charge in [0.05, 0.1) is 0 Å². The number of carbonyl (C=O) groups excluding carboxylic acids is 2. The van der Waals surface area contributed by atoms with Crippen LogP contribution in [0.1, 0.15) is 61.0 Å². The fourth-order valence-corrected chi connectivity index (χ4v) is 3.95. The van der Waals surface area contributed by atoms with Crippen LogP contribution in [-0.2, 0) is 10.3 Å². The third kappa shape index (κ3) is 3.66. The fourth-order valence-electron chi connectivity index (χ4n) is 3.82. The van der Waals surface area contributed by atoms with Gasteiger partial charge in [-0.2, -0.15) is 0 Å². The van der Waals surface area contributed by atoms with Gasteiger partial charge in [0.1, 0.15) is 5.54 Å². The lowest BCUT2D eigenvalue weighted by atomic mass is 9.89. The van der Waals surface area contributed by atoms with Crippen LogP contribution >= 0.6 is 11.6 Å². The molecule has 0 bridgehead atoms. The predicted octanol–water partition coefficient (Wildman–Crippen LogP) is 4.73. The van der Waals surface area contributed by atoms with E-state index in [2.05, 4.69) is 19.2 Å². The fraction of sp³-hybridized carbons (Fsp3) is 0.391. The molecule has 0 saturated heterocycles. The maximum Gasteiger partial charge on any atom is 0.255 e. The molecule has 0 saturated carbocycles. The standard InChI is InChI=1S/C23H27ClN2O2/c1-4-5-14-25-22(28)23(3)20-9-7-6-8-19(20)21(27)26(23)15-16(2)17-10-12-18(24)13-11-17/h6-13,16H,4-5,14-15H2,1-3H3,(H,25,28). The first-order chi connectivity index (χ1) is 13.4. The van der Waals surface area contributed by atoms with Crippen molar-refractivity contribution < 1.29 is 9.59 Å². The molecule has 1 aliphatic rings. The minimum absolute atomic E-state index is 0.0679. The van der Waals surface area contributed by atoms with Crippen molar-refractivity contribution in [2.45, 2.75) is 45.1 Å². The van der Waals surface area contributed by atoms with E-state index in [4.69, 9.17) is 11.6 Å². The molecule has 0 aliphatic carbocycles. The van der Waals surface area contributed by atoms with Crippen LogP contribution in [0.15, 0.2) is 48.5 Å². The number of hydrogen-bond donors (Lipinski definition) is 1. The van der Waals surface area contributed by atoms with Crippen molar-refractivity contribution >= 4 is 23.4 Å². The van der Waals surface area contributed by atoms with Crippen molar-refractivity contribution in [3.63, 3.8) is 0 Å². The van der Waals surface area contributed by atoms with E-state index in [9.17, 15) is 9.59 Å². The van der Waals surface area contributed by atoms with Crippen molar-refractivity contribution in [2.75, 3.05) is 13.1 Å². The summed E-state index contributed by atoms with van der Waals surface area (Å²) < 4.78 is 0. The minimum Gasteiger partial charge on any atom is -0.354 e. The highest BCUT2D eigenvalue weighted by Crippen LogP contribution is 2.40. The molecule has 3 rings (SSSR count). The van der Waals surface area contributed by atoms with Gasteiger partial charge in [0.15, 0.2) is 0 Å². The molecule has 4 nitrogen and oxygen atoms in total. The molecule has 2 aromatic carbocycles. The molecule has 1 N–H and O–H groups in total. The molecule has 0 aromatic heterocycles. The van der Waals surface area contributed by atoms with E-state index in [1.54, 1.807) is 4.90 Å². The van der Waals surface area contributed by atoms with Crippen molar-refractivity contribution in [2.24, 2.45) is 0 Å². The zero-order valence-corrected chi connectivity index (χ0v) is 17.4. The van der Waals surface area contributed by atoms with Gasteiger partial charge in [-0.05, 0) is 48.6 Å². The summed E-state index contributed by atoms with van der Waals surface area (Å²) in [4.78, 5) is 28.1. The molecular weight excluding hydrogens is 372 g/mol. The summed E-state index contributed by atoms with van der Waals surface area (Å²) in [5.74, 6) is -0.148. The van der Waals surface area contributed by atoms with Crippen LogP contribution in [0.3, 0.4) is 0 Å². The van der Waals surface area contributed by atoms with Crippen LogP contribution < -0.4 is 5.32 Å².